The van der Waals surface area contributed by atoms with E-state index in [0.29, 0.717) is 24.1 Å². The Morgan fingerprint density at radius 3 is 2.59 bits per heavy atom. The van der Waals surface area contributed by atoms with Crippen LogP contribution in [0.1, 0.15) is 55.6 Å². The summed E-state index contributed by atoms with van der Waals surface area (Å²) in [5.74, 6) is 0.505. The van der Waals surface area contributed by atoms with Crippen LogP contribution in [0.3, 0.4) is 0 Å². The van der Waals surface area contributed by atoms with E-state index in [1.165, 1.54) is 18.6 Å². The van der Waals surface area contributed by atoms with Gasteiger partial charge in [0.2, 0.25) is 0 Å². The average Bonchev–Trinajstić information content (AvgIpc) is 3.11. The number of aliphatic imine (C=N–C) groups is 1. The highest BCUT2D eigenvalue weighted by atomic mass is 32.2. The molecule has 198 valence electrons. The number of nitrogens with one attached hydrogen (secondary N) is 2. The minimum Gasteiger partial charge on any atom is -0.370 e. The number of amides is 1. The Morgan fingerprint density at radius 1 is 1.27 bits per heavy atom. The molecule has 1 saturated heterocycles. The fraction of sp³-hybridized carbons (Fsp3) is 0.393. The smallest absolute Gasteiger partial charge is 0.277 e. The summed E-state index contributed by atoms with van der Waals surface area (Å²) in [4.78, 5) is 23.9. The van der Waals surface area contributed by atoms with Gasteiger partial charge in [-0.2, -0.15) is 8.42 Å². The second-order valence-electron chi connectivity index (χ2n) is 10.1. The van der Waals surface area contributed by atoms with E-state index in [0.717, 1.165) is 24.9 Å². The zero-order valence-electron chi connectivity index (χ0n) is 22.3. The van der Waals surface area contributed by atoms with Crippen LogP contribution in [0.2, 0.25) is 0 Å². The Kier molecular flexibility index (Phi) is 8.91. The quantitative estimate of drug-likeness (QED) is 0.303. The molecular formula is C28H37N5O3S. The lowest BCUT2D eigenvalue weighted by Gasteiger charge is -2.33. The molecule has 37 heavy (non-hydrogen) atoms. The van der Waals surface area contributed by atoms with E-state index in [4.69, 9.17) is 0 Å². The zero-order valence-corrected chi connectivity index (χ0v) is 23.1. The number of carbonyl (C=O) groups is 1. The van der Waals surface area contributed by atoms with Crippen LogP contribution in [0, 0.1) is 12.8 Å². The van der Waals surface area contributed by atoms with Gasteiger partial charge in [-0.05, 0) is 70.2 Å². The normalized spacial score (nSPS) is 18.0. The number of sulfonamides is 1. The van der Waals surface area contributed by atoms with E-state index < -0.39 is 15.9 Å². The maximum Gasteiger partial charge on any atom is 0.277 e. The number of rotatable bonds is 8. The maximum absolute atomic E-state index is 13.1. The van der Waals surface area contributed by atoms with Crippen LogP contribution >= 0.6 is 0 Å². The lowest BCUT2D eigenvalue weighted by atomic mass is 9.97. The third-order valence-electron chi connectivity index (χ3n) is 6.37. The van der Waals surface area contributed by atoms with Crippen LogP contribution < -0.4 is 14.9 Å². The summed E-state index contributed by atoms with van der Waals surface area (Å²) in [6.45, 7) is 14.7. The van der Waals surface area contributed by atoms with E-state index in [1.807, 2.05) is 19.1 Å². The summed E-state index contributed by atoms with van der Waals surface area (Å²) < 4.78 is 28.2. The highest BCUT2D eigenvalue weighted by molar-refractivity contribution is 8.05. The van der Waals surface area contributed by atoms with Gasteiger partial charge in [-0.25, -0.2) is 14.7 Å². The number of allylic oxidation sites excluding steroid dienone is 2. The second-order valence-corrected chi connectivity index (χ2v) is 11.9. The summed E-state index contributed by atoms with van der Waals surface area (Å²) in [5, 5.41) is 2.90. The van der Waals surface area contributed by atoms with Crippen molar-refractivity contribution in [2.75, 3.05) is 18.0 Å². The molecular weight excluding hydrogens is 486 g/mol. The largest absolute Gasteiger partial charge is 0.370 e. The maximum atomic E-state index is 13.1. The fourth-order valence-electron chi connectivity index (χ4n) is 4.57. The van der Waals surface area contributed by atoms with Crippen LogP contribution in [0.15, 0.2) is 72.1 Å². The molecule has 1 amide bonds. The first kappa shape index (κ1) is 28.1. The summed E-state index contributed by atoms with van der Waals surface area (Å²) in [5.41, 5.74) is 2.35. The number of pyridine rings is 1. The predicted octanol–water partition coefficient (Wildman–Crippen LogP) is 4.35. The predicted molar refractivity (Wildman–Crippen MR) is 150 cm³/mol. The number of benzene rings is 1. The minimum absolute atomic E-state index is 0.201. The van der Waals surface area contributed by atoms with Crippen molar-refractivity contribution in [1.82, 2.24) is 15.0 Å². The average molecular weight is 524 g/mol. The van der Waals surface area contributed by atoms with Crippen molar-refractivity contribution in [3.63, 3.8) is 0 Å². The van der Waals surface area contributed by atoms with Crippen LogP contribution in [0.4, 0.5) is 5.82 Å². The van der Waals surface area contributed by atoms with Gasteiger partial charge >= 0.3 is 0 Å². The van der Waals surface area contributed by atoms with Crippen molar-refractivity contribution in [3.8, 4) is 0 Å². The van der Waals surface area contributed by atoms with Gasteiger partial charge in [0.15, 0.2) is 5.04 Å². The Bertz CT molecular complexity index is 1300. The third kappa shape index (κ3) is 7.29. The monoisotopic (exact) mass is 523 g/mol. The molecule has 1 atom stereocenters. The summed E-state index contributed by atoms with van der Waals surface area (Å²) >= 11 is 0. The summed E-state index contributed by atoms with van der Waals surface area (Å²) in [6, 6.07) is 11.4. The van der Waals surface area contributed by atoms with Gasteiger partial charge in [0.1, 0.15) is 11.6 Å². The van der Waals surface area contributed by atoms with E-state index in [1.54, 1.807) is 24.4 Å². The lowest BCUT2D eigenvalue weighted by molar-refractivity contribution is 0.0982. The van der Waals surface area contributed by atoms with Crippen LogP contribution in [0.25, 0.3) is 0 Å². The van der Waals surface area contributed by atoms with Crippen molar-refractivity contribution >= 4 is 26.8 Å². The topological polar surface area (TPSA) is 104 Å². The first-order chi connectivity index (χ1) is 17.4. The first-order valence-electron chi connectivity index (χ1n) is 12.4. The Morgan fingerprint density at radius 2 is 1.97 bits per heavy atom. The molecule has 8 nitrogen and oxygen atoms in total. The number of nitrogens with zero attached hydrogens (tertiary/aromatic N) is 3. The highest BCUT2D eigenvalue weighted by Crippen LogP contribution is 2.37. The number of aryl methyl sites for hydroxylation is 1. The van der Waals surface area contributed by atoms with Gasteiger partial charge in [0, 0.05) is 24.8 Å². The number of aromatic nitrogens is 1. The van der Waals surface area contributed by atoms with E-state index in [2.05, 4.69) is 64.4 Å². The third-order valence-corrected chi connectivity index (χ3v) is 7.69. The zero-order chi connectivity index (χ0) is 27.2. The number of carbonyl (C=O) groups excluding carboxylic acids is 1. The molecule has 0 saturated carbocycles. The SMILES string of the molecule is C=C/C=C(\N=C(C)S(=O)(=O)NC(=O)c1cccnc1N1CC(C)CC1(C)C)NCCc1ccc(C)cc1. The number of hydrogen-bond donors (Lipinski definition) is 2. The van der Waals surface area contributed by atoms with E-state index in [-0.39, 0.29) is 16.1 Å². The minimum atomic E-state index is -4.19. The van der Waals surface area contributed by atoms with Gasteiger partial charge in [-0.3, -0.25) is 4.79 Å². The first-order valence-corrected chi connectivity index (χ1v) is 13.9. The van der Waals surface area contributed by atoms with Crippen molar-refractivity contribution in [1.29, 1.82) is 0 Å². The van der Waals surface area contributed by atoms with Crippen molar-refractivity contribution in [3.05, 3.63) is 83.8 Å². The van der Waals surface area contributed by atoms with Crippen molar-refractivity contribution in [2.45, 2.75) is 53.0 Å². The standard InChI is InChI=1S/C28H37N5O3S/c1-7-9-25(29-17-15-23-13-11-20(2)12-14-23)31-22(4)37(35,36)32-27(34)24-10-8-16-30-26(24)33-19-21(3)18-28(33,5)6/h7-14,16,21,29H,1,15,17-19H2,2-6H3,(H,32,34)/b25-9-,31-22?. The molecule has 0 aliphatic carbocycles. The fourth-order valence-corrected chi connectivity index (χ4v) is 5.29. The molecule has 3 rings (SSSR count). The molecule has 1 aliphatic rings. The molecule has 2 heterocycles. The Hall–Kier alpha value is -3.46. The lowest BCUT2D eigenvalue weighted by Crippen LogP contribution is -2.41. The second kappa shape index (κ2) is 11.7. The van der Waals surface area contributed by atoms with Gasteiger partial charge in [-0.1, -0.05) is 49.4 Å². The van der Waals surface area contributed by atoms with Crippen LogP contribution in [0.5, 0.6) is 0 Å². The van der Waals surface area contributed by atoms with Crippen LogP contribution in [-0.2, 0) is 16.4 Å². The van der Waals surface area contributed by atoms with E-state index in [9.17, 15) is 13.2 Å². The number of hydrogen-bond acceptors (Lipinski definition) is 7. The molecule has 9 heteroatoms. The molecule has 2 N–H and O–H groups in total. The van der Waals surface area contributed by atoms with Gasteiger partial charge in [0.25, 0.3) is 15.9 Å². The Balaban J connectivity index is 1.73. The van der Waals surface area contributed by atoms with Crippen LogP contribution in [-0.4, -0.2) is 43.0 Å². The van der Waals surface area contributed by atoms with Crippen molar-refractivity contribution in [2.24, 2.45) is 10.9 Å². The van der Waals surface area contributed by atoms with E-state index >= 15 is 0 Å². The highest BCUT2D eigenvalue weighted by Gasteiger charge is 2.39. The molecule has 0 bridgehead atoms. The van der Waals surface area contributed by atoms with Gasteiger partial charge in [0.05, 0.1) is 5.56 Å². The molecule has 1 aliphatic heterocycles. The summed E-state index contributed by atoms with van der Waals surface area (Å²) in [6.07, 6.45) is 6.41. The molecule has 2 aromatic rings. The van der Waals surface area contributed by atoms with Gasteiger partial charge in [-0.15, -0.1) is 0 Å². The molecule has 0 radical (unpaired) electrons. The van der Waals surface area contributed by atoms with Gasteiger partial charge < -0.3 is 10.2 Å². The molecule has 1 aromatic carbocycles. The molecule has 1 unspecified atom stereocenters. The molecule has 0 spiro atoms. The molecule has 1 fully saturated rings. The number of anilines is 1. The molecule has 1 aromatic heterocycles. The summed E-state index contributed by atoms with van der Waals surface area (Å²) in [7, 11) is -4.19. The Labute approximate surface area is 220 Å². The van der Waals surface area contributed by atoms with Crippen molar-refractivity contribution < 1.29 is 13.2 Å².